The zero-order chi connectivity index (χ0) is 19.1. The predicted molar refractivity (Wildman–Crippen MR) is 105 cm³/mol. The van der Waals surface area contributed by atoms with Gasteiger partial charge in [-0.15, -0.1) is 0 Å². The highest BCUT2D eigenvalue weighted by atomic mass is 19.1. The van der Waals surface area contributed by atoms with Gasteiger partial charge >= 0.3 is 0 Å². The lowest BCUT2D eigenvalue weighted by Gasteiger charge is -2.29. The Morgan fingerprint density at radius 1 is 1.15 bits per heavy atom. The topological polar surface area (TPSA) is 41.6 Å². The van der Waals surface area contributed by atoms with Gasteiger partial charge in [-0.05, 0) is 61.4 Å². The van der Waals surface area contributed by atoms with Gasteiger partial charge in [-0.25, -0.2) is 4.39 Å². The Bertz CT molecular complexity index is 764. The molecule has 0 atom stereocenters. The Labute approximate surface area is 159 Å². The minimum atomic E-state index is -0.292. The zero-order valence-electron chi connectivity index (χ0n) is 15.5. The molecule has 2 aromatic rings. The molecule has 0 aromatic heterocycles. The number of carbonyl (C=O) groups excluding carboxylic acids is 1. The first-order chi connectivity index (χ1) is 13.1. The van der Waals surface area contributed by atoms with Crippen LogP contribution in [-0.2, 0) is 11.3 Å². The number of rotatable bonds is 6. The first kappa shape index (κ1) is 19.1. The smallest absolute Gasteiger partial charge is 0.244 e. The van der Waals surface area contributed by atoms with Gasteiger partial charge in [-0.1, -0.05) is 24.3 Å². The lowest BCUT2D eigenvalue weighted by Crippen LogP contribution is -2.35. The third kappa shape index (κ3) is 6.22. The SMILES string of the molecule is CN1CCC(Oc2ccc(CNC(=O)/C=C/c3ccc(F)cc3)cc2)CC1. The fraction of sp³-hybridized carbons (Fsp3) is 0.318. The maximum atomic E-state index is 12.9. The van der Waals surface area contributed by atoms with E-state index >= 15 is 0 Å². The van der Waals surface area contributed by atoms with E-state index in [0.717, 1.165) is 42.8 Å². The summed E-state index contributed by atoms with van der Waals surface area (Å²) in [5.41, 5.74) is 1.79. The van der Waals surface area contributed by atoms with Gasteiger partial charge in [0.25, 0.3) is 0 Å². The maximum absolute atomic E-state index is 12.9. The second-order valence-electron chi connectivity index (χ2n) is 6.87. The number of nitrogens with one attached hydrogen (secondary N) is 1. The molecule has 142 valence electrons. The molecule has 5 heteroatoms. The number of benzene rings is 2. The normalized spacial score (nSPS) is 15.8. The van der Waals surface area contributed by atoms with Gasteiger partial charge in [0.1, 0.15) is 17.7 Å². The van der Waals surface area contributed by atoms with E-state index in [1.165, 1.54) is 18.2 Å². The van der Waals surface area contributed by atoms with E-state index in [0.29, 0.717) is 6.54 Å². The van der Waals surface area contributed by atoms with E-state index < -0.39 is 0 Å². The molecule has 1 fully saturated rings. The average molecular weight is 368 g/mol. The Hall–Kier alpha value is -2.66. The van der Waals surface area contributed by atoms with Gasteiger partial charge in [0.2, 0.25) is 5.91 Å². The Morgan fingerprint density at radius 3 is 2.48 bits per heavy atom. The van der Waals surface area contributed by atoms with E-state index in [1.54, 1.807) is 18.2 Å². The Morgan fingerprint density at radius 2 is 1.81 bits per heavy atom. The van der Waals surface area contributed by atoms with Gasteiger partial charge in [0.15, 0.2) is 0 Å². The standard InChI is InChI=1S/C22H25FN2O2/c1-25-14-12-21(13-15-25)27-20-9-4-18(5-10-20)16-24-22(26)11-6-17-2-7-19(23)8-3-17/h2-11,21H,12-16H2,1H3,(H,24,26)/b11-6+. The van der Waals surface area contributed by atoms with Crippen LogP contribution in [0, 0.1) is 5.82 Å². The molecule has 1 aliphatic rings. The number of likely N-dealkylation sites (tertiary alicyclic amines) is 1. The maximum Gasteiger partial charge on any atom is 0.244 e. The van der Waals surface area contributed by atoms with Crippen LogP contribution in [-0.4, -0.2) is 37.0 Å². The monoisotopic (exact) mass is 368 g/mol. The number of hydrogen-bond donors (Lipinski definition) is 1. The lowest BCUT2D eigenvalue weighted by atomic mass is 10.1. The number of piperidine rings is 1. The first-order valence-corrected chi connectivity index (χ1v) is 9.24. The number of hydrogen-bond acceptors (Lipinski definition) is 3. The van der Waals surface area contributed by atoms with Crippen molar-refractivity contribution in [2.24, 2.45) is 0 Å². The fourth-order valence-electron chi connectivity index (χ4n) is 2.97. The average Bonchev–Trinajstić information content (AvgIpc) is 2.69. The summed E-state index contributed by atoms with van der Waals surface area (Å²) < 4.78 is 18.9. The van der Waals surface area contributed by atoms with E-state index in [2.05, 4.69) is 17.3 Å². The van der Waals surface area contributed by atoms with Crippen molar-refractivity contribution in [2.45, 2.75) is 25.5 Å². The van der Waals surface area contributed by atoms with Crippen LogP contribution in [0.1, 0.15) is 24.0 Å². The van der Waals surface area contributed by atoms with Gasteiger partial charge < -0.3 is 15.0 Å². The highest BCUT2D eigenvalue weighted by Gasteiger charge is 2.17. The van der Waals surface area contributed by atoms with Crippen LogP contribution in [0.4, 0.5) is 4.39 Å². The van der Waals surface area contributed by atoms with Gasteiger partial charge in [-0.2, -0.15) is 0 Å². The molecule has 1 amide bonds. The van der Waals surface area contributed by atoms with Crippen molar-refractivity contribution in [3.8, 4) is 5.75 Å². The summed E-state index contributed by atoms with van der Waals surface area (Å²) in [4.78, 5) is 14.2. The summed E-state index contributed by atoms with van der Waals surface area (Å²) in [6.07, 6.45) is 5.49. The van der Waals surface area contributed by atoms with E-state index in [4.69, 9.17) is 4.74 Å². The van der Waals surface area contributed by atoms with Crippen molar-refractivity contribution in [1.29, 1.82) is 0 Å². The lowest BCUT2D eigenvalue weighted by molar-refractivity contribution is -0.116. The van der Waals surface area contributed by atoms with Crippen LogP contribution in [0.2, 0.25) is 0 Å². The van der Waals surface area contributed by atoms with Crippen LogP contribution in [0.25, 0.3) is 6.08 Å². The molecule has 1 heterocycles. The molecule has 2 aromatic carbocycles. The minimum absolute atomic E-state index is 0.189. The molecule has 0 bridgehead atoms. The summed E-state index contributed by atoms with van der Waals surface area (Å²) in [6, 6.07) is 13.8. The highest BCUT2D eigenvalue weighted by Crippen LogP contribution is 2.19. The molecule has 0 unspecified atom stereocenters. The molecule has 1 saturated heterocycles. The molecule has 0 saturated carbocycles. The molecular weight excluding hydrogens is 343 g/mol. The number of amides is 1. The van der Waals surface area contributed by atoms with Crippen molar-refractivity contribution >= 4 is 12.0 Å². The summed E-state index contributed by atoms with van der Waals surface area (Å²) in [7, 11) is 2.13. The number of nitrogens with zero attached hydrogens (tertiary/aromatic N) is 1. The van der Waals surface area contributed by atoms with Crippen molar-refractivity contribution in [2.75, 3.05) is 20.1 Å². The molecular formula is C22H25FN2O2. The second kappa shape index (κ2) is 9.33. The van der Waals surface area contributed by atoms with Gasteiger partial charge in [0, 0.05) is 25.7 Å². The second-order valence-corrected chi connectivity index (χ2v) is 6.87. The molecule has 0 aliphatic carbocycles. The third-order valence-corrected chi connectivity index (χ3v) is 4.66. The zero-order valence-corrected chi connectivity index (χ0v) is 15.5. The molecule has 0 radical (unpaired) electrons. The van der Waals surface area contributed by atoms with E-state index in [9.17, 15) is 9.18 Å². The third-order valence-electron chi connectivity index (χ3n) is 4.66. The summed E-state index contributed by atoms with van der Waals surface area (Å²) in [5, 5.41) is 2.84. The molecule has 1 N–H and O–H groups in total. The number of ether oxygens (including phenoxy) is 1. The summed E-state index contributed by atoms with van der Waals surface area (Å²) in [6.45, 7) is 2.58. The van der Waals surface area contributed by atoms with Crippen molar-refractivity contribution in [3.63, 3.8) is 0 Å². The van der Waals surface area contributed by atoms with Crippen LogP contribution in [0.5, 0.6) is 5.75 Å². The van der Waals surface area contributed by atoms with Crippen LogP contribution in [0.3, 0.4) is 0 Å². The van der Waals surface area contributed by atoms with Crippen LogP contribution < -0.4 is 10.1 Å². The molecule has 4 nitrogen and oxygen atoms in total. The quantitative estimate of drug-likeness (QED) is 0.792. The highest BCUT2D eigenvalue weighted by molar-refractivity contribution is 5.91. The number of halogens is 1. The molecule has 0 spiro atoms. The van der Waals surface area contributed by atoms with Crippen LogP contribution >= 0.6 is 0 Å². The van der Waals surface area contributed by atoms with E-state index in [-0.39, 0.29) is 17.8 Å². The van der Waals surface area contributed by atoms with Gasteiger partial charge in [-0.3, -0.25) is 4.79 Å². The summed E-state index contributed by atoms with van der Waals surface area (Å²) in [5.74, 6) is 0.390. The van der Waals surface area contributed by atoms with Crippen LogP contribution in [0.15, 0.2) is 54.6 Å². The molecule has 27 heavy (non-hydrogen) atoms. The first-order valence-electron chi connectivity index (χ1n) is 9.24. The van der Waals surface area contributed by atoms with Gasteiger partial charge in [0.05, 0.1) is 0 Å². The molecule has 1 aliphatic heterocycles. The predicted octanol–water partition coefficient (Wildman–Crippen LogP) is 3.63. The largest absolute Gasteiger partial charge is 0.490 e. The van der Waals surface area contributed by atoms with Crippen molar-refractivity contribution in [3.05, 3.63) is 71.6 Å². The van der Waals surface area contributed by atoms with Crippen molar-refractivity contribution < 1.29 is 13.9 Å². The Kier molecular flexibility index (Phi) is 6.60. The summed E-state index contributed by atoms with van der Waals surface area (Å²) >= 11 is 0. The van der Waals surface area contributed by atoms with E-state index in [1.807, 2.05) is 24.3 Å². The minimum Gasteiger partial charge on any atom is -0.490 e. The van der Waals surface area contributed by atoms with Crippen molar-refractivity contribution in [1.82, 2.24) is 10.2 Å². The molecule has 3 rings (SSSR count). The fourth-order valence-corrected chi connectivity index (χ4v) is 2.97. The Balaban J connectivity index is 1.44. The number of carbonyl (C=O) groups is 1.